The third kappa shape index (κ3) is 4.88. The molecule has 0 unspecified atom stereocenters. The van der Waals surface area contributed by atoms with Crippen molar-refractivity contribution in [2.24, 2.45) is 0 Å². The van der Waals surface area contributed by atoms with Gasteiger partial charge in [0, 0.05) is 22.8 Å². The minimum atomic E-state index is -0.349. The normalized spacial score (nSPS) is 11.5. The lowest BCUT2D eigenvalue weighted by atomic mass is 10.0. The van der Waals surface area contributed by atoms with Crippen LogP contribution in [0.2, 0.25) is 5.02 Å². The molecule has 8 heteroatoms. The summed E-state index contributed by atoms with van der Waals surface area (Å²) in [6.07, 6.45) is 1.66. The molecule has 0 bridgehead atoms. The monoisotopic (exact) mass is 441 g/mol. The summed E-state index contributed by atoms with van der Waals surface area (Å²) >= 11 is 6.15. The molecule has 0 saturated heterocycles. The number of pyridine rings is 1. The number of nitrogens with zero attached hydrogens (tertiary/aromatic N) is 3. The molecule has 0 spiro atoms. The summed E-state index contributed by atoms with van der Waals surface area (Å²) in [6.45, 7) is 11.8. The van der Waals surface area contributed by atoms with E-state index in [1.54, 1.807) is 35.1 Å². The van der Waals surface area contributed by atoms with Crippen LogP contribution in [0.5, 0.6) is 0 Å². The smallest absolute Gasteiger partial charge is 0.256 e. The Hall–Kier alpha value is -2.93. The van der Waals surface area contributed by atoms with E-state index in [-0.39, 0.29) is 29.8 Å². The maximum atomic E-state index is 13.3. The minimum Gasteiger partial charge on any atom is -0.350 e. The molecule has 2 amide bonds. The number of hydrogen-bond acceptors (Lipinski definition) is 4. The Morgan fingerprint density at radius 2 is 1.71 bits per heavy atom. The summed E-state index contributed by atoms with van der Waals surface area (Å²) in [6, 6.07) is 6.65. The number of halogens is 1. The van der Waals surface area contributed by atoms with Gasteiger partial charge in [-0.1, -0.05) is 25.4 Å². The predicted molar refractivity (Wildman–Crippen MR) is 124 cm³/mol. The van der Waals surface area contributed by atoms with E-state index in [0.29, 0.717) is 32.9 Å². The Balaban J connectivity index is 2.07. The molecule has 0 aliphatic carbocycles. The molecule has 3 rings (SSSR count). The van der Waals surface area contributed by atoms with Gasteiger partial charge in [-0.25, -0.2) is 9.67 Å². The van der Waals surface area contributed by atoms with Crippen molar-refractivity contribution >= 4 is 40.1 Å². The quantitative estimate of drug-likeness (QED) is 0.551. The molecule has 3 aromatic rings. The molecule has 7 nitrogen and oxygen atoms in total. The lowest BCUT2D eigenvalue weighted by Gasteiger charge is -2.15. The fourth-order valence-electron chi connectivity index (χ4n) is 3.25. The van der Waals surface area contributed by atoms with Crippen molar-refractivity contribution in [3.63, 3.8) is 0 Å². The average Bonchev–Trinajstić information content (AvgIpc) is 3.10. The highest BCUT2D eigenvalue weighted by Gasteiger charge is 2.21. The molecule has 0 fully saturated rings. The number of aromatic nitrogens is 3. The van der Waals surface area contributed by atoms with E-state index in [1.165, 1.54) is 0 Å². The van der Waals surface area contributed by atoms with Crippen molar-refractivity contribution in [2.75, 3.05) is 5.32 Å². The van der Waals surface area contributed by atoms with Crippen LogP contribution in [0.15, 0.2) is 30.5 Å². The summed E-state index contributed by atoms with van der Waals surface area (Å²) in [5.41, 5.74) is 2.61. The molecule has 0 saturated carbocycles. The van der Waals surface area contributed by atoms with Gasteiger partial charge in [0.2, 0.25) is 0 Å². The van der Waals surface area contributed by atoms with Gasteiger partial charge in [-0.05, 0) is 57.9 Å². The zero-order valence-corrected chi connectivity index (χ0v) is 19.4. The Morgan fingerprint density at radius 3 is 2.32 bits per heavy atom. The Labute approximate surface area is 187 Å². The first-order chi connectivity index (χ1) is 14.6. The summed E-state index contributed by atoms with van der Waals surface area (Å²) in [4.78, 5) is 30.7. The number of carbonyl (C=O) groups excluding carboxylic acids is 2. The van der Waals surface area contributed by atoms with Crippen molar-refractivity contribution in [2.45, 2.75) is 59.5 Å². The summed E-state index contributed by atoms with van der Waals surface area (Å²) in [7, 11) is 0. The largest absolute Gasteiger partial charge is 0.350 e. The highest BCUT2D eigenvalue weighted by Crippen LogP contribution is 2.27. The molecule has 2 heterocycles. The molecule has 2 N–H and O–H groups in total. The van der Waals surface area contributed by atoms with Crippen LogP contribution in [-0.2, 0) is 0 Å². The SMILES string of the molecule is CC(C)NC(=O)c1ccc(Cl)cc1NC(=O)c1cc(C(C)C)nc2c1cnn2C(C)C. The van der Waals surface area contributed by atoms with Crippen LogP contribution in [0.3, 0.4) is 0 Å². The number of fused-ring (bicyclic) bond motifs is 1. The Bertz CT molecular complexity index is 1130. The topological polar surface area (TPSA) is 88.9 Å². The van der Waals surface area contributed by atoms with Gasteiger partial charge >= 0.3 is 0 Å². The van der Waals surface area contributed by atoms with Gasteiger partial charge in [-0.15, -0.1) is 0 Å². The highest BCUT2D eigenvalue weighted by molar-refractivity contribution is 6.31. The van der Waals surface area contributed by atoms with Crippen molar-refractivity contribution in [1.29, 1.82) is 0 Å². The number of benzene rings is 1. The van der Waals surface area contributed by atoms with Crippen LogP contribution in [0.25, 0.3) is 11.0 Å². The van der Waals surface area contributed by atoms with Gasteiger partial charge in [0.1, 0.15) is 0 Å². The number of hydrogen-bond donors (Lipinski definition) is 2. The van der Waals surface area contributed by atoms with Gasteiger partial charge in [-0.2, -0.15) is 5.10 Å². The van der Waals surface area contributed by atoms with Crippen LogP contribution in [0, 0.1) is 0 Å². The minimum absolute atomic E-state index is 0.0398. The summed E-state index contributed by atoms with van der Waals surface area (Å²) < 4.78 is 1.80. The zero-order chi connectivity index (χ0) is 22.9. The number of anilines is 1. The Kier molecular flexibility index (Phi) is 6.65. The molecule has 0 atom stereocenters. The summed E-state index contributed by atoms with van der Waals surface area (Å²) in [5, 5.41) is 11.2. The fourth-order valence-corrected chi connectivity index (χ4v) is 3.42. The molecule has 1 aromatic carbocycles. The number of rotatable bonds is 6. The number of nitrogens with one attached hydrogen (secondary N) is 2. The van der Waals surface area contributed by atoms with Crippen molar-refractivity contribution < 1.29 is 9.59 Å². The first-order valence-corrected chi connectivity index (χ1v) is 10.8. The fraction of sp³-hybridized carbons (Fsp3) is 0.391. The Morgan fingerprint density at radius 1 is 1.00 bits per heavy atom. The van der Waals surface area contributed by atoms with E-state index in [4.69, 9.17) is 16.6 Å². The van der Waals surface area contributed by atoms with Gasteiger partial charge in [0.15, 0.2) is 5.65 Å². The molecule has 0 radical (unpaired) electrons. The second-order valence-electron chi connectivity index (χ2n) is 8.44. The molecule has 31 heavy (non-hydrogen) atoms. The molecule has 0 aliphatic rings. The average molecular weight is 442 g/mol. The van der Waals surface area contributed by atoms with E-state index in [1.807, 2.05) is 41.5 Å². The van der Waals surface area contributed by atoms with Crippen molar-refractivity contribution in [3.8, 4) is 0 Å². The van der Waals surface area contributed by atoms with E-state index in [2.05, 4.69) is 15.7 Å². The molecular weight excluding hydrogens is 414 g/mol. The van der Waals surface area contributed by atoms with Crippen LogP contribution in [-0.4, -0.2) is 32.6 Å². The second-order valence-corrected chi connectivity index (χ2v) is 8.88. The van der Waals surface area contributed by atoms with Gasteiger partial charge < -0.3 is 10.6 Å². The molecule has 164 valence electrons. The molecule has 2 aromatic heterocycles. The van der Waals surface area contributed by atoms with Crippen molar-refractivity contribution in [3.05, 3.63) is 52.3 Å². The van der Waals surface area contributed by atoms with Gasteiger partial charge in [-0.3, -0.25) is 9.59 Å². The maximum absolute atomic E-state index is 13.3. The maximum Gasteiger partial charge on any atom is 0.256 e. The van der Waals surface area contributed by atoms with E-state index in [0.717, 1.165) is 5.69 Å². The zero-order valence-electron chi connectivity index (χ0n) is 18.7. The first kappa shape index (κ1) is 22.7. The van der Waals surface area contributed by atoms with Crippen LogP contribution in [0.1, 0.15) is 79.9 Å². The predicted octanol–water partition coefficient (Wildman–Crippen LogP) is 5.18. The van der Waals surface area contributed by atoms with E-state index in [9.17, 15) is 9.59 Å². The first-order valence-electron chi connectivity index (χ1n) is 10.4. The number of carbonyl (C=O) groups is 2. The van der Waals surface area contributed by atoms with Gasteiger partial charge in [0.05, 0.1) is 28.4 Å². The van der Waals surface area contributed by atoms with E-state index >= 15 is 0 Å². The lowest BCUT2D eigenvalue weighted by molar-refractivity contribution is 0.0944. The third-order valence-corrected chi connectivity index (χ3v) is 5.04. The van der Waals surface area contributed by atoms with Crippen LogP contribution >= 0.6 is 11.6 Å². The molecule has 0 aliphatic heterocycles. The summed E-state index contributed by atoms with van der Waals surface area (Å²) in [5.74, 6) is -0.499. The van der Waals surface area contributed by atoms with Gasteiger partial charge in [0.25, 0.3) is 11.8 Å². The molecular formula is C23H28ClN5O2. The number of amides is 2. The second kappa shape index (κ2) is 9.06. The van der Waals surface area contributed by atoms with E-state index < -0.39 is 0 Å². The van der Waals surface area contributed by atoms with Crippen LogP contribution < -0.4 is 10.6 Å². The highest BCUT2D eigenvalue weighted by atomic mass is 35.5. The van der Waals surface area contributed by atoms with Crippen molar-refractivity contribution in [1.82, 2.24) is 20.1 Å². The third-order valence-electron chi connectivity index (χ3n) is 4.81. The lowest BCUT2D eigenvalue weighted by Crippen LogP contribution is -2.31. The van der Waals surface area contributed by atoms with Crippen LogP contribution in [0.4, 0.5) is 5.69 Å². The standard InChI is InChI=1S/C23H28ClN5O2/c1-12(2)19-10-17(18-11-25-29(14(5)6)21(18)27-19)23(31)28-20-9-15(24)7-8-16(20)22(30)26-13(3)4/h7-14H,1-6H3,(H,26,30)(H,28,31).